The molecule has 13 heavy (non-hydrogen) atoms. The molecular weight excluding hydrogens is 162 g/mol. The minimum atomic E-state index is -0.767. The third kappa shape index (κ3) is 2.54. The van der Waals surface area contributed by atoms with E-state index in [9.17, 15) is 5.11 Å². The Labute approximate surface area is 79.4 Å². The van der Waals surface area contributed by atoms with Crippen LogP contribution in [0.25, 0.3) is 0 Å². The minimum absolute atomic E-state index is 0.0517. The first-order valence-electron chi connectivity index (χ1n) is 4.49. The first kappa shape index (κ1) is 10.2. The van der Waals surface area contributed by atoms with Gasteiger partial charge in [-0.3, -0.25) is 0 Å². The van der Waals surface area contributed by atoms with Crippen LogP contribution in [-0.4, -0.2) is 5.11 Å². The molecule has 3 N–H and O–H groups in total. The summed E-state index contributed by atoms with van der Waals surface area (Å²) in [5.74, 6) is 0. The average molecular weight is 179 g/mol. The van der Waals surface area contributed by atoms with Gasteiger partial charge in [0.15, 0.2) is 0 Å². The molecule has 0 bridgehead atoms. The molecule has 0 radical (unpaired) electrons. The number of hydrogen-bond donors (Lipinski definition) is 2. The summed E-state index contributed by atoms with van der Waals surface area (Å²) in [6.45, 7) is 5.49. The third-order valence-electron chi connectivity index (χ3n) is 2.14. The Morgan fingerprint density at radius 1 is 1.23 bits per heavy atom. The SMILES string of the molecule is CC(N)c1ccc(C(C)(C)O)cc1. The highest BCUT2D eigenvalue weighted by atomic mass is 16.3. The van der Waals surface area contributed by atoms with E-state index in [1.807, 2.05) is 31.2 Å². The molecule has 1 aromatic rings. The molecule has 0 aliphatic rings. The van der Waals surface area contributed by atoms with Crippen molar-refractivity contribution in [3.05, 3.63) is 35.4 Å². The molecule has 2 nitrogen and oxygen atoms in total. The first-order chi connectivity index (χ1) is 5.91. The zero-order valence-electron chi connectivity index (χ0n) is 8.41. The summed E-state index contributed by atoms with van der Waals surface area (Å²) in [6, 6.07) is 7.80. The maximum Gasteiger partial charge on any atom is 0.0840 e. The zero-order chi connectivity index (χ0) is 10.1. The topological polar surface area (TPSA) is 46.2 Å². The number of nitrogens with two attached hydrogens (primary N) is 1. The molecule has 0 aromatic heterocycles. The summed E-state index contributed by atoms with van der Waals surface area (Å²) in [7, 11) is 0. The zero-order valence-corrected chi connectivity index (χ0v) is 8.41. The van der Waals surface area contributed by atoms with Gasteiger partial charge in [0.05, 0.1) is 5.60 Å². The predicted octanol–water partition coefficient (Wildman–Crippen LogP) is 1.93. The van der Waals surface area contributed by atoms with Crippen LogP contribution < -0.4 is 5.73 Å². The fraction of sp³-hybridized carbons (Fsp3) is 0.455. The summed E-state index contributed by atoms with van der Waals surface area (Å²) in [6.07, 6.45) is 0. The number of benzene rings is 1. The summed E-state index contributed by atoms with van der Waals surface area (Å²) < 4.78 is 0. The lowest BCUT2D eigenvalue weighted by Gasteiger charge is -2.18. The van der Waals surface area contributed by atoms with Gasteiger partial charge < -0.3 is 10.8 Å². The van der Waals surface area contributed by atoms with Crippen molar-refractivity contribution in [2.24, 2.45) is 5.73 Å². The van der Waals surface area contributed by atoms with E-state index in [1.165, 1.54) is 0 Å². The van der Waals surface area contributed by atoms with Gasteiger partial charge in [0.25, 0.3) is 0 Å². The van der Waals surface area contributed by atoms with Crippen LogP contribution in [0.15, 0.2) is 24.3 Å². The fourth-order valence-corrected chi connectivity index (χ4v) is 1.19. The lowest BCUT2D eigenvalue weighted by atomic mass is 9.96. The molecule has 0 fully saturated rings. The van der Waals surface area contributed by atoms with E-state index in [1.54, 1.807) is 13.8 Å². The van der Waals surface area contributed by atoms with Crippen molar-refractivity contribution >= 4 is 0 Å². The highest BCUT2D eigenvalue weighted by Gasteiger charge is 2.15. The number of aliphatic hydroxyl groups is 1. The smallest absolute Gasteiger partial charge is 0.0840 e. The molecule has 72 valence electrons. The molecule has 0 aliphatic heterocycles. The van der Waals surface area contributed by atoms with Crippen LogP contribution in [0.3, 0.4) is 0 Å². The van der Waals surface area contributed by atoms with Crippen molar-refractivity contribution in [1.82, 2.24) is 0 Å². The van der Waals surface area contributed by atoms with Crippen molar-refractivity contribution in [2.45, 2.75) is 32.4 Å². The largest absolute Gasteiger partial charge is 0.386 e. The third-order valence-corrected chi connectivity index (χ3v) is 2.14. The quantitative estimate of drug-likeness (QED) is 0.728. The second kappa shape index (κ2) is 3.48. The van der Waals surface area contributed by atoms with Gasteiger partial charge in [0.2, 0.25) is 0 Å². The Bertz CT molecular complexity index is 269. The average Bonchev–Trinajstić information content (AvgIpc) is 2.03. The summed E-state index contributed by atoms with van der Waals surface area (Å²) in [5, 5.41) is 9.69. The molecule has 1 aromatic carbocycles. The van der Waals surface area contributed by atoms with Crippen molar-refractivity contribution in [3.63, 3.8) is 0 Å². The Balaban J connectivity index is 2.94. The highest BCUT2D eigenvalue weighted by Crippen LogP contribution is 2.21. The van der Waals surface area contributed by atoms with Gasteiger partial charge >= 0.3 is 0 Å². The monoisotopic (exact) mass is 179 g/mol. The van der Waals surface area contributed by atoms with Crippen molar-refractivity contribution in [1.29, 1.82) is 0 Å². The minimum Gasteiger partial charge on any atom is -0.386 e. The van der Waals surface area contributed by atoms with E-state index in [-0.39, 0.29) is 6.04 Å². The van der Waals surface area contributed by atoms with E-state index in [0.717, 1.165) is 11.1 Å². The molecule has 0 saturated carbocycles. The molecule has 0 saturated heterocycles. The molecule has 1 unspecified atom stereocenters. The summed E-state index contributed by atoms with van der Waals surface area (Å²) >= 11 is 0. The van der Waals surface area contributed by atoms with Crippen LogP contribution in [0.4, 0.5) is 0 Å². The van der Waals surface area contributed by atoms with Gasteiger partial charge in [-0.2, -0.15) is 0 Å². The van der Waals surface area contributed by atoms with E-state index in [4.69, 9.17) is 5.73 Å². The van der Waals surface area contributed by atoms with Gasteiger partial charge in [-0.1, -0.05) is 24.3 Å². The molecular formula is C11H17NO. The van der Waals surface area contributed by atoms with Crippen molar-refractivity contribution < 1.29 is 5.11 Å². The van der Waals surface area contributed by atoms with Crippen molar-refractivity contribution in [2.75, 3.05) is 0 Å². The number of hydrogen-bond acceptors (Lipinski definition) is 2. The standard InChI is InChI=1S/C11H17NO/c1-8(12)9-4-6-10(7-5-9)11(2,3)13/h4-8,13H,12H2,1-3H3. The predicted molar refractivity (Wildman–Crippen MR) is 54.3 cm³/mol. The molecule has 0 aliphatic carbocycles. The second-order valence-electron chi connectivity index (χ2n) is 3.97. The molecule has 0 heterocycles. The van der Waals surface area contributed by atoms with E-state index < -0.39 is 5.60 Å². The maximum absolute atomic E-state index is 9.69. The van der Waals surface area contributed by atoms with Crippen LogP contribution in [0.1, 0.15) is 37.9 Å². The van der Waals surface area contributed by atoms with Gasteiger partial charge in [0, 0.05) is 6.04 Å². The normalized spacial score (nSPS) is 14.2. The van der Waals surface area contributed by atoms with Gasteiger partial charge in [-0.05, 0) is 31.9 Å². The van der Waals surface area contributed by atoms with Crippen LogP contribution in [0.5, 0.6) is 0 Å². The summed E-state index contributed by atoms with van der Waals surface area (Å²) in [4.78, 5) is 0. The van der Waals surface area contributed by atoms with Crippen LogP contribution >= 0.6 is 0 Å². The van der Waals surface area contributed by atoms with E-state index >= 15 is 0 Å². The first-order valence-corrected chi connectivity index (χ1v) is 4.49. The Morgan fingerprint density at radius 2 is 1.69 bits per heavy atom. The maximum atomic E-state index is 9.69. The lowest BCUT2D eigenvalue weighted by Crippen LogP contribution is -2.15. The van der Waals surface area contributed by atoms with Crippen LogP contribution in [-0.2, 0) is 5.60 Å². The van der Waals surface area contributed by atoms with Gasteiger partial charge in [0.1, 0.15) is 0 Å². The second-order valence-corrected chi connectivity index (χ2v) is 3.97. The fourth-order valence-electron chi connectivity index (χ4n) is 1.19. The molecule has 0 amide bonds. The summed E-state index contributed by atoms with van der Waals surface area (Å²) in [5.41, 5.74) is 6.95. The van der Waals surface area contributed by atoms with Gasteiger partial charge in [-0.25, -0.2) is 0 Å². The van der Waals surface area contributed by atoms with E-state index in [0.29, 0.717) is 0 Å². The number of rotatable bonds is 2. The van der Waals surface area contributed by atoms with Crippen LogP contribution in [0.2, 0.25) is 0 Å². The Hall–Kier alpha value is -0.860. The van der Waals surface area contributed by atoms with Crippen molar-refractivity contribution in [3.8, 4) is 0 Å². The highest BCUT2D eigenvalue weighted by molar-refractivity contribution is 5.27. The molecule has 0 spiro atoms. The lowest BCUT2D eigenvalue weighted by molar-refractivity contribution is 0.0786. The molecule has 1 atom stereocenters. The Kier molecular flexibility index (Phi) is 2.74. The Morgan fingerprint density at radius 3 is 2.00 bits per heavy atom. The van der Waals surface area contributed by atoms with E-state index in [2.05, 4.69) is 0 Å². The molecule has 1 rings (SSSR count). The molecule has 2 heteroatoms. The van der Waals surface area contributed by atoms with Crippen LogP contribution in [0, 0.1) is 0 Å². The van der Waals surface area contributed by atoms with Gasteiger partial charge in [-0.15, -0.1) is 0 Å².